The van der Waals surface area contributed by atoms with E-state index in [1.165, 1.54) is 16.6 Å². The van der Waals surface area contributed by atoms with Gasteiger partial charge in [0, 0.05) is 23.8 Å². The van der Waals surface area contributed by atoms with Gasteiger partial charge in [-0.3, -0.25) is 3.96 Å². The molecule has 1 rings (SSSR count). The highest BCUT2D eigenvalue weighted by atomic mass is 32.1. The number of hydrogen-bond donors (Lipinski definition) is 2. The van der Waals surface area contributed by atoms with Crippen LogP contribution in [0.5, 0.6) is 0 Å². The fraction of sp³-hybridized carbons (Fsp3) is 0.250. The first-order valence-electron chi connectivity index (χ1n) is 5.17. The molecule has 0 atom stereocenters. The smallest absolute Gasteiger partial charge is 0.140 e. The Balaban J connectivity index is 2.77. The molecule has 0 spiro atoms. The number of aryl methyl sites for hydroxylation is 1. The lowest BCUT2D eigenvalue weighted by atomic mass is 10.3. The van der Waals surface area contributed by atoms with E-state index in [0.717, 1.165) is 5.70 Å². The van der Waals surface area contributed by atoms with Crippen LogP contribution in [-0.2, 0) is 0 Å². The summed E-state index contributed by atoms with van der Waals surface area (Å²) in [5, 5.41) is 9.71. The maximum Gasteiger partial charge on any atom is 0.140 e. The second kappa shape index (κ2) is 6.20. The highest BCUT2D eigenvalue weighted by Gasteiger charge is 2.03. The van der Waals surface area contributed by atoms with Gasteiger partial charge in [-0.05, 0) is 26.0 Å². The van der Waals surface area contributed by atoms with Gasteiger partial charge in [-0.25, -0.2) is 4.39 Å². The van der Waals surface area contributed by atoms with Crippen molar-refractivity contribution in [3.63, 3.8) is 0 Å². The maximum atomic E-state index is 12.6. The minimum Gasteiger partial charge on any atom is -0.387 e. The quantitative estimate of drug-likeness (QED) is 0.614. The first kappa shape index (κ1) is 13.4. The van der Waals surface area contributed by atoms with Crippen molar-refractivity contribution in [2.75, 3.05) is 7.05 Å². The zero-order valence-corrected chi connectivity index (χ0v) is 10.9. The van der Waals surface area contributed by atoms with Crippen LogP contribution in [0.25, 0.3) is 6.20 Å². The Morgan fingerprint density at radius 3 is 2.65 bits per heavy atom. The molecule has 0 saturated carbocycles. The Morgan fingerprint density at radius 2 is 2.18 bits per heavy atom. The average Bonchev–Trinajstić information content (AvgIpc) is 2.35. The number of nitrogens with zero attached hydrogens (tertiary/aromatic N) is 1. The second-order valence-corrected chi connectivity index (χ2v) is 4.64. The van der Waals surface area contributed by atoms with E-state index in [9.17, 15) is 4.39 Å². The lowest BCUT2D eigenvalue weighted by Crippen LogP contribution is -2.07. The monoisotopic (exact) mass is 253 g/mol. The molecular weight excluding hydrogens is 237 g/mol. The van der Waals surface area contributed by atoms with Crippen LogP contribution in [0.3, 0.4) is 0 Å². The Kier molecular flexibility index (Phi) is 4.90. The van der Waals surface area contributed by atoms with Gasteiger partial charge in [-0.2, -0.15) is 0 Å². The van der Waals surface area contributed by atoms with E-state index in [4.69, 9.17) is 5.41 Å². The molecule has 0 saturated heterocycles. The number of allylic oxidation sites excluding steroid dienone is 4. The molecule has 1 heterocycles. The molecule has 0 aliphatic heterocycles. The lowest BCUT2D eigenvalue weighted by Gasteiger charge is -2.13. The fourth-order valence-electron chi connectivity index (χ4n) is 1.13. The molecule has 2 N–H and O–H groups in total. The lowest BCUT2D eigenvalue weighted by molar-refractivity contribution is 0.685. The average molecular weight is 253 g/mol. The molecule has 0 fully saturated rings. The second-order valence-electron chi connectivity index (χ2n) is 3.45. The van der Waals surface area contributed by atoms with Crippen LogP contribution < -0.4 is 5.32 Å². The number of likely N-dealkylation sites (N-methyl/N-ethyl adjacent to an activating group) is 1. The molecule has 0 radical (unpaired) electrons. The molecule has 3 nitrogen and oxygen atoms in total. The normalized spacial score (nSPS) is 13.4. The van der Waals surface area contributed by atoms with E-state index in [1.807, 2.05) is 24.1 Å². The Bertz CT molecular complexity index is 477. The van der Waals surface area contributed by atoms with Crippen LogP contribution in [0, 0.1) is 19.3 Å². The zero-order valence-electron chi connectivity index (χ0n) is 10.1. The summed E-state index contributed by atoms with van der Waals surface area (Å²) in [6, 6.07) is 0. The standard InChI is InChI=1S/C12H16FN3S/c1-9-10(2)17-16(9)8-12(15-3)6-4-5-11(13)7-14/h4-8,14-15H,1-3H3/b6-4+,11-5+,12-8-,14-7?. The summed E-state index contributed by atoms with van der Waals surface area (Å²) in [7, 11) is 1.81. The van der Waals surface area contributed by atoms with Gasteiger partial charge in [-0.15, -0.1) is 0 Å². The van der Waals surface area contributed by atoms with E-state index >= 15 is 0 Å². The van der Waals surface area contributed by atoms with Gasteiger partial charge in [0.05, 0.1) is 11.9 Å². The molecule has 0 bridgehead atoms. The number of halogens is 1. The molecule has 5 heteroatoms. The summed E-state index contributed by atoms with van der Waals surface area (Å²) in [5.74, 6) is -0.568. The molecule has 1 aromatic rings. The van der Waals surface area contributed by atoms with Crippen LogP contribution in [0.2, 0.25) is 0 Å². The number of nitrogens with one attached hydrogen (secondary N) is 2. The maximum absolute atomic E-state index is 12.6. The van der Waals surface area contributed by atoms with Crippen LogP contribution >= 0.6 is 11.5 Å². The molecule has 92 valence electrons. The van der Waals surface area contributed by atoms with Gasteiger partial charge >= 0.3 is 0 Å². The largest absolute Gasteiger partial charge is 0.387 e. The highest BCUT2D eigenvalue weighted by Crippen LogP contribution is 2.20. The molecule has 0 aliphatic rings. The van der Waals surface area contributed by atoms with E-state index < -0.39 is 5.83 Å². The zero-order chi connectivity index (χ0) is 12.8. The molecule has 17 heavy (non-hydrogen) atoms. The molecule has 0 aromatic carbocycles. The van der Waals surface area contributed by atoms with E-state index in [-0.39, 0.29) is 0 Å². The van der Waals surface area contributed by atoms with Crippen LogP contribution in [0.1, 0.15) is 10.6 Å². The third kappa shape index (κ3) is 3.71. The summed E-state index contributed by atoms with van der Waals surface area (Å²) in [5.41, 5.74) is 2.09. The summed E-state index contributed by atoms with van der Waals surface area (Å²) >= 11 is 1.66. The molecule has 0 aliphatic carbocycles. The minimum absolute atomic E-state index is 0.568. The van der Waals surface area contributed by atoms with Crippen molar-refractivity contribution in [1.29, 1.82) is 5.41 Å². The van der Waals surface area contributed by atoms with Crippen molar-refractivity contribution in [1.82, 2.24) is 9.27 Å². The van der Waals surface area contributed by atoms with Gasteiger partial charge in [0.15, 0.2) is 0 Å². The van der Waals surface area contributed by atoms with E-state index in [0.29, 0.717) is 6.21 Å². The topological polar surface area (TPSA) is 40.8 Å². The van der Waals surface area contributed by atoms with Crippen molar-refractivity contribution in [2.45, 2.75) is 13.8 Å². The molecule has 1 aromatic heterocycles. The third-order valence-corrected chi connectivity index (χ3v) is 3.43. The van der Waals surface area contributed by atoms with E-state index in [1.54, 1.807) is 23.7 Å². The van der Waals surface area contributed by atoms with Crippen molar-refractivity contribution in [3.8, 4) is 0 Å². The van der Waals surface area contributed by atoms with Crippen molar-refractivity contribution >= 4 is 23.9 Å². The van der Waals surface area contributed by atoms with E-state index in [2.05, 4.69) is 12.2 Å². The highest BCUT2D eigenvalue weighted by molar-refractivity contribution is 7.08. The Labute approximate surface area is 105 Å². The predicted molar refractivity (Wildman–Crippen MR) is 72.2 cm³/mol. The summed E-state index contributed by atoms with van der Waals surface area (Å²) in [6.07, 6.45) is 7.19. The number of hydrogen-bond acceptors (Lipinski definition) is 3. The molecular formula is C12H16FN3S. The third-order valence-electron chi connectivity index (χ3n) is 2.29. The van der Waals surface area contributed by atoms with Crippen molar-refractivity contribution in [3.05, 3.63) is 40.3 Å². The summed E-state index contributed by atoms with van der Waals surface area (Å²) < 4.78 is 14.7. The summed E-state index contributed by atoms with van der Waals surface area (Å²) in [6.45, 7) is 4.12. The van der Waals surface area contributed by atoms with Crippen LogP contribution in [0.15, 0.2) is 29.8 Å². The van der Waals surface area contributed by atoms with Gasteiger partial charge in [-0.1, -0.05) is 17.6 Å². The number of rotatable bonds is 5. The first-order chi connectivity index (χ1) is 8.08. The fourth-order valence-corrected chi connectivity index (χ4v) is 1.96. The van der Waals surface area contributed by atoms with Gasteiger partial charge in [0.1, 0.15) is 5.83 Å². The Morgan fingerprint density at radius 1 is 1.47 bits per heavy atom. The van der Waals surface area contributed by atoms with Gasteiger partial charge in [0.25, 0.3) is 0 Å². The van der Waals surface area contributed by atoms with Crippen LogP contribution in [0.4, 0.5) is 4.39 Å². The van der Waals surface area contributed by atoms with Crippen molar-refractivity contribution in [2.24, 2.45) is 0 Å². The van der Waals surface area contributed by atoms with Crippen molar-refractivity contribution < 1.29 is 4.39 Å². The molecule has 0 unspecified atom stereocenters. The molecule has 0 amide bonds. The number of aromatic nitrogens is 1. The first-order valence-corrected chi connectivity index (χ1v) is 5.94. The summed E-state index contributed by atoms with van der Waals surface area (Å²) in [4.78, 5) is 1.30. The van der Waals surface area contributed by atoms with Gasteiger partial charge in [0.2, 0.25) is 0 Å². The predicted octanol–water partition coefficient (Wildman–Crippen LogP) is 3.24. The van der Waals surface area contributed by atoms with Gasteiger partial charge < -0.3 is 10.7 Å². The van der Waals surface area contributed by atoms with Crippen LogP contribution in [-0.4, -0.2) is 17.2 Å². The minimum atomic E-state index is -0.568. The Hall–Kier alpha value is -1.62. The SMILES string of the molecule is CNC(=C\n1sc(C)c1C)/C=C/C=C(/F)C=N.